The minimum absolute atomic E-state index is 0.150. The Hall–Kier alpha value is -2.33. The van der Waals surface area contributed by atoms with Crippen LogP contribution >= 0.6 is 0 Å². The van der Waals surface area contributed by atoms with Crippen LogP contribution < -0.4 is 10.1 Å². The van der Waals surface area contributed by atoms with Crippen molar-refractivity contribution in [2.45, 2.75) is 19.4 Å². The quantitative estimate of drug-likeness (QED) is 0.826. The molecule has 0 saturated carbocycles. The molecule has 0 unspecified atom stereocenters. The molecule has 0 aliphatic heterocycles. The highest BCUT2D eigenvalue weighted by Gasteiger charge is 2.09. The molecule has 2 aromatic carbocycles. The molecule has 4 nitrogen and oxygen atoms in total. The van der Waals surface area contributed by atoms with Crippen molar-refractivity contribution in [2.75, 3.05) is 13.2 Å². The fourth-order valence-corrected chi connectivity index (χ4v) is 2.14. The standard InChI is InChI=1S/C18H21NO3/c1-2-22-16-10-8-15(9-11-16)18(21)19-13-12-17(20)14-6-4-3-5-7-14/h3-11,17,20H,2,12-13H2,1H3,(H,19,21)/t17-/m0/s1. The molecule has 0 spiro atoms. The Bertz CT molecular complexity index is 581. The monoisotopic (exact) mass is 299 g/mol. The topological polar surface area (TPSA) is 58.6 Å². The van der Waals surface area contributed by atoms with E-state index in [-0.39, 0.29) is 5.91 Å². The van der Waals surface area contributed by atoms with Gasteiger partial charge in [0.15, 0.2) is 0 Å². The zero-order chi connectivity index (χ0) is 15.8. The molecule has 1 amide bonds. The number of amides is 1. The van der Waals surface area contributed by atoms with Crippen LogP contribution in [0.1, 0.15) is 35.4 Å². The Labute approximate surface area is 130 Å². The van der Waals surface area contributed by atoms with Crippen molar-refractivity contribution in [3.63, 3.8) is 0 Å². The molecule has 1 atom stereocenters. The number of hydrogen-bond donors (Lipinski definition) is 2. The van der Waals surface area contributed by atoms with Gasteiger partial charge in [-0.25, -0.2) is 0 Å². The first kappa shape index (κ1) is 16.0. The predicted molar refractivity (Wildman–Crippen MR) is 86.0 cm³/mol. The van der Waals surface area contributed by atoms with Gasteiger partial charge in [0.1, 0.15) is 5.75 Å². The second-order valence-electron chi connectivity index (χ2n) is 4.93. The summed E-state index contributed by atoms with van der Waals surface area (Å²) in [5.74, 6) is 0.599. The Morgan fingerprint density at radius 2 is 1.82 bits per heavy atom. The van der Waals surface area contributed by atoms with Crippen molar-refractivity contribution in [2.24, 2.45) is 0 Å². The van der Waals surface area contributed by atoms with E-state index in [1.54, 1.807) is 24.3 Å². The van der Waals surface area contributed by atoms with Crippen LogP contribution in [0.2, 0.25) is 0 Å². The van der Waals surface area contributed by atoms with Gasteiger partial charge >= 0.3 is 0 Å². The molecule has 0 fully saturated rings. The SMILES string of the molecule is CCOc1ccc(C(=O)NCC[C@H](O)c2ccccc2)cc1. The van der Waals surface area contributed by atoms with E-state index in [2.05, 4.69) is 5.32 Å². The van der Waals surface area contributed by atoms with E-state index >= 15 is 0 Å². The third kappa shape index (κ3) is 4.60. The Kier molecular flexibility index (Phi) is 5.98. The zero-order valence-corrected chi connectivity index (χ0v) is 12.7. The molecule has 116 valence electrons. The number of carbonyl (C=O) groups excluding carboxylic acids is 1. The van der Waals surface area contributed by atoms with Crippen molar-refractivity contribution >= 4 is 5.91 Å². The number of carbonyl (C=O) groups is 1. The molecular weight excluding hydrogens is 278 g/mol. The normalized spacial score (nSPS) is 11.7. The van der Waals surface area contributed by atoms with Gasteiger partial charge in [0.25, 0.3) is 5.91 Å². The fraction of sp³-hybridized carbons (Fsp3) is 0.278. The Balaban J connectivity index is 1.80. The van der Waals surface area contributed by atoms with E-state index in [1.807, 2.05) is 37.3 Å². The van der Waals surface area contributed by atoms with Gasteiger partial charge in [-0.1, -0.05) is 30.3 Å². The largest absolute Gasteiger partial charge is 0.494 e. The van der Waals surface area contributed by atoms with Gasteiger partial charge in [-0.3, -0.25) is 4.79 Å². The summed E-state index contributed by atoms with van der Waals surface area (Å²) in [5.41, 5.74) is 1.44. The number of rotatable bonds is 7. The van der Waals surface area contributed by atoms with E-state index in [4.69, 9.17) is 4.74 Å². The van der Waals surface area contributed by atoms with E-state index in [0.717, 1.165) is 11.3 Å². The van der Waals surface area contributed by atoms with Crippen molar-refractivity contribution < 1.29 is 14.6 Å². The lowest BCUT2D eigenvalue weighted by atomic mass is 10.1. The van der Waals surface area contributed by atoms with Gasteiger partial charge in [0.2, 0.25) is 0 Å². The van der Waals surface area contributed by atoms with Crippen molar-refractivity contribution in [1.29, 1.82) is 0 Å². The average molecular weight is 299 g/mol. The first-order valence-electron chi connectivity index (χ1n) is 7.44. The number of benzene rings is 2. The molecule has 0 radical (unpaired) electrons. The molecule has 22 heavy (non-hydrogen) atoms. The van der Waals surface area contributed by atoms with E-state index in [9.17, 15) is 9.90 Å². The number of hydrogen-bond acceptors (Lipinski definition) is 3. The van der Waals surface area contributed by atoms with Crippen LogP contribution in [-0.4, -0.2) is 24.2 Å². The lowest BCUT2D eigenvalue weighted by Crippen LogP contribution is -2.25. The minimum Gasteiger partial charge on any atom is -0.494 e. The van der Waals surface area contributed by atoms with Crippen LogP contribution in [0.25, 0.3) is 0 Å². The van der Waals surface area contributed by atoms with Crippen LogP contribution in [0.5, 0.6) is 5.75 Å². The highest BCUT2D eigenvalue weighted by atomic mass is 16.5. The second kappa shape index (κ2) is 8.20. The van der Waals surface area contributed by atoms with Gasteiger partial charge in [0, 0.05) is 12.1 Å². The summed E-state index contributed by atoms with van der Waals surface area (Å²) < 4.78 is 5.34. The molecule has 0 aromatic heterocycles. The van der Waals surface area contributed by atoms with E-state index in [0.29, 0.717) is 25.1 Å². The van der Waals surface area contributed by atoms with Gasteiger partial charge in [-0.15, -0.1) is 0 Å². The van der Waals surface area contributed by atoms with Crippen LogP contribution in [0.4, 0.5) is 0 Å². The third-order valence-electron chi connectivity index (χ3n) is 3.32. The first-order chi connectivity index (χ1) is 10.7. The van der Waals surface area contributed by atoms with Gasteiger partial charge < -0.3 is 15.2 Å². The zero-order valence-electron chi connectivity index (χ0n) is 12.7. The number of aliphatic hydroxyl groups excluding tert-OH is 1. The van der Waals surface area contributed by atoms with Gasteiger partial charge in [-0.2, -0.15) is 0 Å². The van der Waals surface area contributed by atoms with Crippen LogP contribution in [-0.2, 0) is 0 Å². The maximum Gasteiger partial charge on any atom is 0.251 e. The first-order valence-corrected chi connectivity index (χ1v) is 7.44. The van der Waals surface area contributed by atoms with Crippen LogP contribution in [0.3, 0.4) is 0 Å². The molecule has 2 N–H and O–H groups in total. The molecule has 0 aliphatic rings. The average Bonchev–Trinajstić information content (AvgIpc) is 2.56. The summed E-state index contributed by atoms with van der Waals surface area (Å²) in [4.78, 5) is 12.0. The van der Waals surface area contributed by atoms with Crippen LogP contribution in [0.15, 0.2) is 54.6 Å². The Morgan fingerprint density at radius 1 is 1.14 bits per heavy atom. The minimum atomic E-state index is -0.568. The molecule has 2 aromatic rings. The molecular formula is C18H21NO3. The Morgan fingerprint density at radius 3 is 2.45 bits per heavy atom. The lowest BCUT2D eigenvalue weighted by molar-refractivity contribution is 0.0942. The number of aliphatic hydroxyl groups is 1. The summed E-state index contributed by atoms with van der Waals surface area (Å²) in [6.45, 7) is 2.93. The van der Waals surface area contributed by atoms with Crippen molar-refractivity contribution in [3.8, 4) is 5.75 Å². The summed E-state index contributed by atoms with van der Waals surface area (Å²) >= 11 is 0. The molecule has 4 heteroatoms. The summed E-state index contributed by atoms with van der Waals surface area (Å²) in [6, 6.07) is 16.4. The maximum atomic E-state index is 12.0. The summed E-state index contributed by atoms with van der Waals surface area (Å²) in [5, 5.41) is 12.8. The molecule has 2 rings (SSSR count). The van der Waals surface area contributed by atoms with Crippen LogP contribution in [0, 0.1) is 0 Å². The lowest BCUT2D eigenvalue weighted by Gasteiger charge is -2.11. The van der Waals surface area contributed by atoms with E-state index in [1.165, 1.54) is 0 Å². The highest BCUT2D eigenvalue weighted by molar-refractivity contribution is 5.94. The van der Waals surface area contributed by atoms with E-state index < -0.39 is 6.10 Å². The van der Waals surface area contributed by atoms with Gasteiger partial charge in [0.05, 0.1) is 12.7 Å². The molecule has 0 heterocycles. The van der Waals surface area contributed by atoms with Crippen molar-refractivity contribution in [3.05, 3.63) is 65.7 Å². The molecule has 0 aliphatic carbocycles. The molecule has 0 bridgehead atoms. The maximum absolute atomic E-state index is 12.0. The summed E-state index contributed by atoms with van der Waals surface area (Å²) in [6.07, 6.45) is -0.0888. The third-order valence-corrected chi connectivity index (χ3v) is 3.32. The highest BCUT2D eigenvalue weighted by Crippen LogP contribution is 2.15. The van der Waals surface area contributed by atoms with Crippen molar-refractivity contribution in [1.82, 2.24) is 5.32 Å². The molecule has 0 saturated heterocycles. The smallest absolute Gasteiger partial charge is 0.251 e. The predicted octanol–water partition coefficient (Wildman–Crippen LogP) is 2.94. The number of nitrogens with one attached hydrogen (secondary N) is 1. The number of ether oxygens (including phenoxy) is 1. The second-order valence-corrected chi connectivity index (χ2v) is 4.93. The van der Waals surface area contributed by atoms with Gasteiger partial charge in [-0.05, 0) is 43.2 Å². The fourth-order valence-electron chi connectivity index (χ4n) is 2.14. The summed E-state index contributed by atoms with van der Waals surface area (Å²) in [7, 11) is 0.